The molecule has 0 spiro atoms. The van der Waals surface area contributed by atoms with E-state index in [1.165, 1.54) is 50.0 Å². The molecule has 0 unspecified atom stereocenters. The Morgan fingerprint density at radius 1 is 0.967 bits per heavy atom. The van der Waals surface area contributed by atoms with E-state index in [0.717, 1.165) is 18.4 Å². The number of benzene rings is 1. The number of nitrogens with one attached hydrogen (secondary N) is 1. The molecule has 0 aliphatic rings. The van der Waals surface area contributed by atoms with Crippen LogP contribution in [0.3, 0.4) is 0 Å². The van der Waals surface area contributed by atoms with Gasteiger partial charge in [0, 0.05) is 12.8 Å². The number of hydrogen-bond donors (Lipinski definition) is 2. The van der Waals surface area contributed by atoms with Crippen LogP contribution in [0.2, 0.25) is 0 Å². The molecule has 2 N–H and O–H groups in total. The number of carbonyl (C=O) groups excluding carboxylic acids is 1. The van der Waals surface area contributed by atoms with E-state index in [2.05, 4.69) is 24.0 Å². The third-order valence-electron chi connectivity index (χ3n) is 4.74. The molecule has 1 aromatic rings. The van der Waals surface area contributed by atoms with Crippen LogP contribution in [0.25, 0.3) is 0 Å². The summed E-state index contributed by atoms with van der Waals surface area (Å²) in [6.07, 6.45) is 10.7. The van der Waals surface area contributed by atoms with Gasteiger partial charge < -0.3 is 15.2 Å². The van der Waals surface area contributed by atoms with Gasteiger partial charge in [-0.1, -0.05) is 45.1 Å². The van der Waals surface area contributed by atoms with Crippen molar-refractivity contribution in [3.63, 3.8) is 0 Å². The standard InChI is InChI=1S/C24H39NO4S/c1-3-17-30-18-10-8-6-4-5-7-9-12-23(26)25-21-19-20(2)14-15-22(21)29-16-11-13-24(27)28/h14-15,19H,3-13,16-18H2,1-2H3,(H,25,26)(H,27,28). The smallest absolute Gasteiger partial charge is 0.303 e. The quantitative estimate of drug-likeness (QED) is 0.258. The minimum Gasteiger partial charge on any atom is -0.491 e. The summed E-state index contributed by atoms with van der Waals surface area (Å²) >= 11 is 2.06. The van der Waals surface area contributed by atoms with Crippen LogP contribution in [0.5, 0.6) is 5.75 Å². The number of rotatable bonds is 18. The van der Waals surface area contributed by atoms with E-state index in [-0.39, 0.29) is 12.3 Å². The second kappa shape index (κ2) is 17.0. The minimum absolute atomic E-state index is 0.00364. The predicted molar refractivity (Wildman–Crippen MR) is 127 cm³/mol. The largest absolute Gasteiger partial charge is 0.491 e. The first kappa shape index (κ1) is 26.3. The lowest BCUT2D eigenvalue weighted by Crippen LogP contribution is -2.13. The number of carboxylic acids is 1. The number of aliphatic carboxylic acids is 1. The van der Waals surface area contributed by atoms with E-state index < -0.39 is 5.97 Å². The fraction of sp³-hybridized carbons (Fsp3) is 0.667. The number of hydrogen-bond acceptors (Lipinski definition) is 4. The van der Waals surface area contributed by atoms with Crippen LogP contribution in [0, 0.1) is 6.92 Å². The van der Waals surface area contributed by atoms with Crippen LogP contribution in [0.15, 0.2) is 18.2 Å². The van der Waals surface area contributed by atoms with Gasteiger partial charge in [-0.15, -0.1) is 0 Å². The zero-order valence-corrected chi connectivity index (χ0v) is 19.5. The molecule has 0 aliphatic carbocycles. The average molecular weight is 438 g/mol. The van der Waals surface area contributed by atoms with E-state index in [1.54, 1.807) is 0 Å². The van der Waals surface area contributed by atoms with Gasteiger partial charge in [-0.05, 0) is 61.8 Å². The Morgan fingerprint density at radius 3 is 2.37 bits per heavy atom. The molecule has 0 heterocycles. The number of thioether (sulfide) groups is 1. The van der Waals surface area contributed by atoms with Gasteiger partial charge in [0.1, 0.15) is 5.75 Å². The van der Waals surface area contributed by atoms with Crippen molar-refractivity contribution >= 4 is 29.3 Å². The van der Waals surface area contributed by atoms with Gasteiger partial charge in [0.25, 0.3) is 0 Å². The molecule has 0 aromatic heterocycles. The third-order valence-corrected chi connectivity index (χ3v) is 6.02. The van der Waals surface area contributed by atoms with Crippen molar-refractivity contribution < 1.29 is 19.4 Å². The first-order valence-corrected chi connectivity index (χ1v) is 12.5. The molecule has 0 bridgehead atoms. The summed E-state index contributed by atoms with van der Waals surface area (Å²) in [7, 11) is 0. The van der Waals surface area contributed by atoms with Crippen LogP contribution in [-0.4, -0.2) is 35.1 Å². The number of unbranched alkanes of at least 4 members (excludes halogenated alkanes) is 6. The third kappa shape index (κ3) is 13.5. The van der Waals surface area contributed by atoms with Gasteiger partial charge in [0.2, 0.25) is 5.91 Å². The maximum atomic E-state index is 12.3. The van der Waals surface area contributed by atoms with Gasteiger partial charge >= 0.3 is 5.97 Å². The van der Waals surface area contributed by atoms with E-state index in [9.17, 15) is 9.59 Å². The Bertz CT molecular complexity index is 621. The lowest BCUT2D eigenvalue weighted by Gasteiger charge is -2.13. The van der Waals surface area contributed by atoms with Gasteiger partial charge in [-0.3, -0.25) is 9.59 Å². The number of carboxylic acid groups (broad SMARTS) is 1. The summed E-state index contributed by atoms with van der Waals surface area (Å²) in [5, 5.41) is 11.7. The Balaban J connectivity index is 2.20. The number of ether oxygens (including phenoxy) is 1. The molecular weight excluding hydrogens is 398 g/mol. The highest BCUT2D eigenvalue weighted by Gasteiger charge is 2.09. The van der Waals surface area contributed by atoms with Crippen LogP contribution in [0.1, 0.15) is 83.1 Å². The topological polar surface area (TPSA) is 75.6 Å². The molecule has 0 atom stereocenters. The van der Waals surface area contributed by atoms with E-state index in [0.29, 0.717) is 30.9 Å². The molecule has 0 saturated carbocycles. The predicted octanol–water partition coefficient (Wildman–Crippen LogP) is 6.44. The molecule has 0 aliphatic heterocycles. The maximum absolute atomic E-state index is 12.3. The summed E-state index contributed by atoms with van der Waals surface area (Å²) in [6.45, 7) is 4.51. The first-order valence-electron chi connectivity index (χ1n) is 11.4. The fourth-order valence-corrected chi connectivity index (χ4v) is 4.01. The Kier molecular flexibility index (Phi) is 15.0. The van der Waals surface area contributed by atoms with Gasteiger partial charge in [0.15, 0.2) is 0 Å². The second-order valence-corrected chi connectivity index (χ2v) is 8.96. The average Bonchev–Trinajstić information content (AvgIpc) is 2.70. The van der Waals surface area contributed by atoms with Crippen LogP contribution < -0.4 is 10.1 Å². The van der Waals surface area contributed by atoms with Crippen molar-refractivity contribution in [1.82, 2.24) is 0 Å². The molecule has 1 amide bonds. The molecule has 1 rings (SSSR count). The highest BCUT2D eigenvalue weighted by Crippen LogP contribution is 2.26. The fourth-order valence-electron chi connectivity index (χ4n) is 3.11. The van der Waals surface area contributed by atoms with Crippen molar-refractivity contribution in [2.75, 3.05) is 23.4 Å². The summed E-state index contributed by atoms with van der Waals surface area (Å²) < 4.78 is 5.68. The molecule has 0 saturated heterocycles. The Morgan fingerprint density at radius 2 is 1.67 bits per heavy atom. The number of carbonyl (C=O) groups is 2. The second-order valence-electron chi connectivity index (χ2n) is 7.73. The van der Waals surface area contributed by atoms with Gasteiger partial charge in [0.05, 0.1) is 12.3 Å². The summed E-state index contributed by atoms with van der Waals surface area (Å²) in [5.41, 5.74) is 1.70. The summed E-state index contributed by atoms with van der Waals surface area (Å²) in [4.78, 5) is 22.9. The van der Waals surface area contributed by atoms with Crippen LogP contribution in [-0.2, 0) is 9.59 Å². The summed E-state index contributed by atoms with van der Waals surface area (Å²) in [6, 6.07) is 5.64. The molecule has 1 aromatic carbocycles. The normalized spacial score (nSPS) is 10.7. The zero-order chi connectivity index (χ0) is 22.0. The van der Waals surface area contributed by atoms with Crippen molar-refractivity contribution in [3.05, 3.63) is 23.8 Å². The monoisotopic (exact) mass is 437 g/mol. The molecular formula is C24H39NO4S. The van der Waals surface area contributed by atoms with E-state index in [4.69, 9.17) is 9.84 Å². The van der Waals surface area contributed by atoms with E-state index >= 15 is 0 Å². The lowest BCUT2D eigenvalue weighted by molar-refractivity contribution is -0.137. The zero-order valence-electron chi connectivity index (χ0n) is 18.7. The highest BCUT2D eigenvalue weighted by molar-refractivity contribution is 7.99. The van der Waals surface area contributed by atoms with Crippen molar-refractivity contribution in [2.45, 2.75) is 84.5 Å². The van der Waals surface area contributed by atoms with Crippen molar-refractivity contribution in [2.24, 2.45) is 0 Å². The summed E-state index contributed by atoms with van der Waals surface area (Å²) in [5.74, 6) is 2.34. The SMILES string of the molecule is CCCSCCCCCCCCCC(=O)Nc1cc(C)ccc1OCCCC(=O)O. The van der Waals surface area contributed by atoms with Crippen LogP contribution in [0.4, 0.5) is 5.69 Å². The van der Waals surface area contributed by atoms with Crippen LogP contribution >= 0.6 is 11.8 Å². The molecule has 170 valence electrons. The van der Waals surface area contributed by atoms with E-state index in [1.807, 2.05) is 25.1 Å². The lowest BCUT2D eigenvalue weighted by atomic mass is 10.1. The number of aryl methyl sites for hydroxylation is 1. The van der Waals surface area contributed by atoms with Crippen molar-refractivity contribution in [1.29, 1.82) is 0 Å². The van der Waals surface area contributed by atoms with Gasteiger partial charge in [-0.2, -0.15) is 11.8 Å². The van der Waals surface area contributed by atoms with Gasteiger partial charge in [-0.25, -0.2) is 0 Å². The minimum atomic E-state index is -0.831. The Hall–Kier alpha value is -1.69. The Labute approximate surface area is 186 Å². The highest BCUT2D eigenvalue weighted by atomic mass is 32.2. The van der Waals surface area contributed by atoms with Crippen molar-refractivity contribution in [3.8, 4) is 5.75 Å². The maximum Gasteiger partial charge on any atom is 0.303 e. The first-order chi connectivity index (χ1) is 14.5. The molecule has 5 nitrogen and oxygen atoms in total. The number of anilines is 1. The molecule has 6 heteroatoms. The molecule has 0 radical (unpaired) electrons. The molecule has 0 fully saturated rings. The molecule has 30 heavy (non-hydrogen) atoms. The number of amides is 1.